The first-order chi connectivity index (χ1) is 7.86. The zero-order chi connectivity index (χ0) is 11.6. The summed E-state index contributed by atoms with van der Waals surface area (Å²) in [7, 11) is 0. The predicted octanol–water partition coefficient (Wildman–Crippen LogP) is 4.52. The van der Waals surface area contributed by atoms with Crippen LogP contribution in [0.5, 0.6) is 0 Å². The highest BCUT2D eigenvalue weighted by molar-refractivity contribution is 5.21. The molecule has 1 aromatic rings. The fraction of sp³-hybridized carbons (Fsp3) is 0.600. The van der Waals surface area contributed by atoms with Gasteiger partial charge in [0.15, 0.2) is 0 Å². The molecule has 0 aliphatic carbocycles. The Morgan fingerprint density at radius 2 is 1.38 bits per heavy atom. The lowest BCUT2D eigenvalue weighted by atomic mass is 10.0. The first-order valence-electron chi connectivity index (χ1n) is 6.52. The van der Waals surface area contributed by atoms with E-state index in [1.807, 2.05) is 12.1 Å². The van der Waals surface area contributed by atoms with Crippen LogP contribution in [-0.2, 0) is 18.1 Å². The zero-order valence-corrected chi connectivity index (χ0v) is 10.4. The Hall–Kier alpha value is -0.820. The van der Waals surface area contributed by atoms with E-state index in [0.717, 1.165) is 12.0 Å². The van der Waals surface area contributed by atoms with E-state index in [1.54, 1.807) is 0 Å². The molecule has 0 heterocycles. The second-order valence-corrected chi connectivity index (χ2v) is 4.48. The fourth-order valence-electron chi connectivity index (χ4n) is 1.91. The molecule has 0 aliphatic heterocycles. The van der Waals surface area contributed by atoms with Gasteiger partial charge in [-0.25, -0.2) is 5.11 Å². The molecule has 0 fully saturated rings. The van der Waals surface area contributed by atoms with Gasteiger partial charge in [-0.15, -0.1) is 0 Å². The van der Waals surface area contributed by atoms with Crippen LogP contribution in [0.2, 0.25) is 0 Å². The number of hydrogen-bond acceptors (Lipinski definition) is 0. The number of benzene rings is 1. The van der Waals surface area contributed by atoms with Crippen LogP contribution in [0.25, 0.3) is 0 Å². The van der Waals surface area contributed by atoms with Crippen molar-refractivity contribution in [2.45, 2.75) is 58.5 Å². The molecule has 0 amide bonds. The van der Waals surface area contributed by atoms with E-state index in [1.165, 1.54) is 44.1 Å². The lowest BCUT2D eigenvalue weighted by Gasteiger charge is -2.02. The van der Waals surface area contributed by atoms with Gasteiger partial charge in [0, 0.05) is 0 Å². The summed E-state index contributed by atoms with van der Waals surface area (Å²) in [6.07, 6.45) is 9.21. The number of aryl methyl sites for hydroxylation is 1. The first kappa shape index (κ1) is 13.2. The Morgan fingerprint density at radius 1 is 0.812 bits per heavy atom. The molecule has 0 atom stereocenters. The molecular weight excluding hydrogens is 196 g/mol. The third-order valence-electron chi connectivity index (χ3n) is 3.01. The van der Waals surface area contributed by atoms with Crippen LogP contribution in [-0.4, -0.2) is 0 Å². The van der Waals surface area contributed by atoms with Gasteiger partial charge in [0.2, 0.25) is 0 Å². The van der Waals surface area contributed by atoms with Crippen LogP contribution in [0.4, 0.5) is 0 Å². The summed E-state index contributed by atoms with van der Waals surface area (Å²) < 4.78 is 0. The Bertz CT molecular complexity index is 263. The van der Waals surface area contributed by atoms with Crippen molar-refractivity contribution in [1.29, 1.82) is 0 Å². The van der Waals surface area contributed by atoms with E-state index in [-0.39, 0.29) is 6.61 Å². The van der Waals surface area contributed by atoms with Crippen molar-refractivity contribution in [3.63, 3.8) is 0 Å². The molecule has 1 nitrogen and oxygen atoms in total. The molecule has 89 valence electrons. The van der Waals surface area contributed by atoms with E-state index in [9.17, 15) is 5.11 Å². The Balaban J connectivity index is 2.12. The number of unbranched alkanes of at least 4 members (excludes halogenated alkanes) is 5. The standard InChI is InChI=1S/C15H23O/c1-2-3-4-5-6-7-8-14-9-11-15(13-16)12-10-14/h9-12H,2-8,13H2,1H3. The molecule has 0 bridgehead atoms. The summed E-state index contributed by atoms with van der Waals surface area (Å²) in [5.74, 6) is 0. The van der Waals surface area contributed by atoms with Crippen LogP contribution in [0.15, 0.2) is 24.3 Å². The van der Waals surface area contributed by atoms with Crippen molar-refractivity contribution >= 4 is 0 Å². The van der Waals surface area contributed by atoms with Gasteiger partial charge < -0.3 is 0 Å². The van der Waals surface area contributed by atoms with Crippen molar-refractivity contribution in [3.05, 3.63) is 35.4 Å². The van der Waals surface area contributed by atoms with Crippen LogP contribution >= 0.6 is 0 Å². The van der Waals surface area contributed by atoms with Gasteiger partial charge in [-0.1, -0.05) is 63.3 Å². The van der Waals surface area contributed by atoms with E-state index in [2.05, 4.69) is 19.1 Å². The lowest BCUT2D eigenvalue weighted by molar-refractivity contribution is 0.177. The van der Waals surface area contributed by atoms with Crippen molar-refractivity contribution in [2.24, 2.45) is 0 Å². The maximum Gasteiger partial charge on any atom is 0.107 e. The SMILES string of the molecule is CCCCCCCCc1ccc(C[O])cc1. The fourth-order valence-corrected chi connectivity index (χ4v) is 1.91. The molecule has 0 saturated heterocycles. The highest BCUT2D eigenvalue weighted by Crippen LogP contribution is 2.11. The van der Waals surface area contributed by atoms with Gasteiger partial charge in [-0.05, 0) is 24.0 Å². The minimum absolute atomic E-state index is 0.0999. The molecule has 1 aromatic carbocycles. The molecule has 0 saturated carbocycles. The highest BCUT2D eigenvalue weighted by Gasteiger charge is 1.95. The number of rotatable bonds is 8. The van der Waals surface area contributed by atoms with Gasteiger partial charge >= 0.3 is 0 Å². The number of hydrogen-bond donors (Lipinski definition) is 0. The molecule has 0 aromatic heterocycles. The molecule has 0 unspecified atom stereocenters. The van der Waals surface area contributed by atoms with Crippen molar-refractivity contribution < 1.29 is 5.11 Å². The maximum atomic E-state index is 10.6. The summed E-state index contributed by atoms with van der Waals surface area (Å²) in [5, 5.41) is 10.6. The third kappa shape index (κ3) is 5.32. The van der Waals surface area contributed by atoms with Gasteiger partial charge in [-0.2, -0.15) is 0 Å². The summed E-state index contributed by atoms with van der Waals surface area (Å²) >= 11 is 0. The van der Waals surface area contributed by atoms with E-state index in [4.69, 9.17) is 0 Å². The Morgan fingerprint density at radius 3 is 2.00 bits per heavy atom. The molecule has 0 spiro atoms. The smallest absolute Gasteiger partial charge is 0.107 e. The third-order valence-corrected chi connectivity index (χ3v) is 3.01. The van der Waals surface area contributed by atoms with Crippen LogP contribution in [0.3, 0.4) is 0 Å². The molecule has 0 N–H and O–H groups in total. The van der Waals surface area contributed by atoms with Crippen molar-refractivity contribution in [1.82, 2.24) is 0 Å². The van der Waals surface area contributed by atoms with Gasteiger partial charge in [0.25, 0.3) is 0 Å². The Kier molecular flexibility index (Phi) is 6.91. The molecule has 16 heavy (non-hydrogen) atoms. The molecule has 1 heteroatoms. The average Bonchev–Trinajstić information content (AvgIpc) is 2.34. The van der Waals surface area contributed by atoms with Crippen LogP contribution in [0.1, 0.15) is 56.6 Å². The average molecular weight is 219 g/mol. The van der Waals surface area contributed by atoms with Gasteiger partial charge in [0.05, 0.1) is 0 Å². The van der Waals surface area contributed by atoms with Crippen molar-refractivity contribution in [2.75, 3.05) is 0 Å². The summed E-state index contributed by atoms with van der Waals surface area (Å²) in [6, 6.07) is 8.11. The predicted molar refractivity (Wildman–Crippen MR) is 67.9 cm³/mol. The van der Waals surface area contributed by atoms with Crippen LogP contribution in [0, 0.1) is 0 Å². The second-order valence-electron chi connectivity index (χ2n) is 4.48. The summed E-state index contributed by atoms with van der Waals surface area (Å²) in [5.41, 5.74) is 2.26. The topological polar surface area (TPSA) is 19.9 Å². The monoisotopic (exact) mass is 219 g/mol. The lowest BCUT2D eigenvalue weighted by Crippen LogP contribution is -1.88. The second kappa shape index (κ2) is 8.35. The van der Waals surface area contributed by atoms with E-state index >= 15 is 0 Å². The highest BCUT2D eigenvalue weighted by atomic mass is 16.3. The largest absolute Gasteiger partial charge is 0.232 e. The maximum absolute atomic E-state index is 10.6. The van der Waals surface area contributed by atoms with Crippen LogP contribution < -0.4 is 0 Å². The molecular formula is C15H23O. The quantitative estimate of drug-likeness (QED) is 0.573. The summed E-state index contributed by atoms with van der Waals surface area (Å²) in [6.45, 7) is 2.15. The van der Waals surface area contributed by atoms with E-state index < -0.39 is 0 Å². The molecule has 1 radical (unpaired) electrons. The summed E-state index contributed by atoms with van der Waals surface area (Å²) in [4.78, 5) is 0. The first-order valence-corrected chi connectivity index (χ1v) is 6.52. The van der Waals surface area contributed by atoms with Gasteiger partial charge in [0.1, 0.15) is 6.61 Å². The minimum atomic E-state index is -0.0999. The zero-order valence-electron chi connectivity index (χ0n) is 10.4. The van der Waals surface area contributed by atoms with E-state index in [0.29, 0.717) is 0 Å². The van der Waals surface area contributed by atoms with Gasteiger partial charge in [-0.3, -0.25) is 0 Å². The molecule has 1 rings (SSSR count). The minimum Gasteiger partial charge on any atom is -0.232 e. The normalized spacial score (nSPS) is 10.6. The van der Waals surface area contributed by atoms with Crippen molar-refractivity contribution in [3.8, 4) is 0 Å². The molecule has 0 aliphatic rings. The Labute approximate surface area is 99.5 Å².